The molecule has 4 rings (SSSR count). The second kappa shape index (κ2) is 25.0. The van der Waals surface area contributed by atoms with Crippen LogP contribution < -0.4 is 5.32 Å². The maximum absolute atomic E-state index is 11.0. The minimum absolute atomic E-state index is 0.414. The molecule has 1 heterocycles. The summed E-state index contributed by atoms with van der Waals surface area (Å²) in [4.78, 5) is 21.9. The molecule has 0 spiro atoms. The van der Waals surface area contributed by atoms with Crippen LogP contribution in [0, 0.1) is 0 Å². The van der Waals surface area contributed by atoms with Crippen LogP contribution >= 0.6 is 0 Å². The molecule has 0 fully saturated rings. The third-order valence-electron chi connectivity index (χ3n) is 6.47. The van der Waals surface area contributed by atoms with Crippen molar-refractivity contribution in [1.82, 2.24) is 15.2 Å². The molecule has 0 unspecified atom stereocenters. The first-order valence-electron chi connectivity index (χ1n) is 15.7. The molecule has 0 bridgehead atoms. The van der Waals surface area contributed by atoms with E-state index in [1.165, 1.54) is 29.3 Å². The number of aldehydes is 1. The molecule has 6 heteroatoms. The molecule has 0 saturated heterocycles. The van der Waals surface area contributed by atoms with Crippen molar-refractivity contribution < 1.29 is 9.90 Å². The maximum Gasteiger partial charge on any atom is 0.167 e. The van der Waals surface area contributed by atoms with Gasteiger partial charge in [0, 0.05) is 45.2 Å². The molecular formula is C41H50N4O2. The predicted molar refractivity (Wildman–Crippen MR) is 200 cm³/mol. The van der Waals surface area contributed by atoms with Gasteiger partial charge in [-0.25, -0.2) is 4.99 Å². The van der Waals surface area contributed by atoms with E-state index in [0.717, 1.165) is 48.9 Å². The Morgan fingerprint density at radius 1 is 0.915 bits per heavy atom. The Kier molecular flexibility index (Phi) is 21.1. The number of likely N-dealkylation sites (N-methyl/N-ethyl adjacent to an activating group) is 2. The number of hydrogen-bond donors (Lipinski definition) is 2. The largest absolute Gasteiger partial charge is 0.400 e. The van der Waals surface area contributed by atoms with Crippen molar-refractivity contribution in [3.63, 3.8) is 0 Å². The fourth-order valence-electron chi connectivity index (χ4n) is 4.05. The smallest absolute Gasteiger partial charge is 0.167 e. The van der Waals surface area contributed by atoms with E-state index in [1.54, 1.807) is 7.05 Å². The quantitative estimate of drug-likeness (QED) is 0.0575. The van der Waals surface area contributed by atoms with Gasteiger partial charge in [-0.1, -0.05) is 124 Å². The van der Waals surface area contributed by atoms with Crippen LogP contribution in [0.3, 0.4) is 0 Å². The summed E-state index contributed by atoms with van der Waals surface area (Å²) in [5, 5.41) is 9.81. The first kappa shape index (κ1) is 39.7. The molecule has 4 aromatic rings. The van der Waals surface area contributed by atoms with Crippen molar-refractivity contribution >= 4 is 18.2 Å². The van der Waals surface area contributed by atoms with Gasteiger partial charge in [-0.05, 0) is 53.3 Å². The Morgan fingerprint density at radius 2 is 1.53 bits per heavy atom. The first-order chi connectivity index (χ1) is 23.0. The van der Waals surface area contributed by atoms with Crippen molar-refractivity contribution in [2.24, 2.45) is 4.99 Å². The summed E-state index contributed by atoms with van der Waals surface area (Å²) < 4.78 is 0. The number of pyridine rings is 1. The van der Waals surface area contributed by atoms with Crippen LogP contribution in [0.4, 0.5) is 0 Å². The lowest BCUT2D eigenvalue weighted by Crippen LogP contribution is -2.27. The number of allylic oxidation sites excluding steroid dienone is 1. The lowest BCUT2D eigenvalue weighted by atomic mass is 10.0. The van der Waals surface area contributed by atoms with E-state index in [4.69, 9.17) is 5.11 Å². The fraction of sp³-hybridized carbons (Fsp3) is 0.220. The van der Waals surface area contributed by atoms with Crippen molar-refractivity contribution in [1.29, 1.82) is 0 Å². The molecule has 1 aromatic heterocycles. The number of aliphatic hydroxyl groups is 1. The number of nitrogens with zero attached hydrogens (tertiary/aromatic N) is 3. The molecule has 0 atom stereocenters. The predicted octanol–water partition coefficient (Wildman–Crippen LogP) is 8.17. The summed E-state index contributed by atoms with van der Waals surface area (Å²) in [5.74, 6) is 0.761. The molecular weight excluding hydrogens is 580 g/mol. The van der Waals surface area contributed by atoms with E-state index in [-0.39, 0.29) is 0 Å². The Morgan fingerprint density at radius 3 is 2.06 bits per heavy atom. The van der Waals surface area contributed by atoms with Gasteiger partial charge in [0.1, 0.15) is 5.84 Å². The van der Waals surface area contributed by atoms with Gasteiger partial charge < -0.3 is 15.3 Å². The molecule has 2 N–H and O–H groups in total. The van der Waals surface area contributed by atoms with Crippen LogP contribution in [-0.4, -0.2) is 54.9 Å². The average Bonchev–Trinajstić information content (AvgIpc) is 3.14. The van der Waals surface area contributed by atoms with Crippen molar-refractivity contribution in [3.8, 4) is 11.1 Å². The number of rotatable bonds is 11. The van der Waals surface area contributed by atoms with Gasteiger partial charge in [-0.3, -0.25) is 9.78 Å². The molecule has 0 aliphatic heterocycles. The molecule has 0 aliphatic rings. The Hall–Kier alpha value is -5.29. The molecule has 47 heavy (non-hydrogen) atoms. The van der Waals surface area contributed by atoms with E-state index in [1.807, 2.05) is 54.6 Å². The van der Waals surface area contributed by atoms with Crippen LogP contribution in [0.2, 0.25) is 0 Å². The molecule has 246 valence electrons. The third kappa shape index (κ3) is 15.5. The SMILES string of the molecule is C=C=CCN(C)C(=N/C=C(\C=O)NC)c1ccc(CCc2ccccn2)cc1.C=Cc1ccc(-c2ccccc2)cc1.CCC.CO. The fourth-order valence-corrected chi connectivity index (χ4v) is 4.05. The lowest BCUT2D eigenvalue weighted by Gasteiger charge is -2.19. The maximum atomic E-state index is 11.0. The topological polar surface area (TPSA) is 77.8 Å². The second-order valence-electron chi connectivity index (χ2n) is 10.1. The van der Waals surface area contributed by atoms with Gasteiger partial charge in [-0.15, -0.1) is 5.73 Å². The highest BCUT2D eigenvalue weighted by Crippen LogP contribution is 2.19. The number of aromatic nitrogens is 1. The lowest BCUT2D eigenvalue weighted by molar-refractivity contribution is -0.105. The number of aliphatic hydroxyl groups excluding tert-OH is 1. The van der Waals surface area contributed by atoms with Crippen LogP contribution in [-0.2, 0) is 17.6 Å². The number of carbonyl (C=O) groups is 1. The molecule has 0 radical (unpaired) electrons. The number of amidine groups is 1. The zero-order valence-corrected chi connectivity index (χ0v) is 28.6. The van der Waals surface area contributed by atoms with Crippen LogP contribution in [0.25, 0.3) is 17.2 Å². The van der Waals surface area contributed by atoms with Gasteiger partial charge in [-0.2, -0.15) is 0 Å². The normalized spacial score (nSPS) is 10.3. The second-order valence-corrected chi connectivity index (χ2v) is 10.1. The van der Waals surface area contributed by atoms with Gasteiger partial charge in [0.05, 0.1) is 11.9 Å². The molecule has 0 saturated carbocycles. The van der Waals surface area contributed by atoms with Crippen LogP contribution in [0.15, 0.2) is 145 Å². The number of carbonyl (C=O) groups excluding carboxylic acids is 1. The number of aryl methyl sites for hydroxylation is 2. The van der Waals surface area contributed by atoms with E-state index in [9.17, 15) is 4.79 Å². The van der Waals surface area contributed by atoms with Gasteiger partial charge in [0.15, 0.2) is 6.29 Å². The Labute approximate surface area is 282 Å². The van der Waals surface area contributed by atoms with Gasteiger partial charge in [0.2, 0.25) is 0 Å². The van der Waals surface area contributed by atoms with Gasteiger partial charge >= 0.3 is 0 Å². The number of aliphatic imine (C=N–C) groups is 1. The minimum atomic E-state index is 0.414. The van der Waals surface area contributed by atoms with Crippen molar-refractivity contribution in [3.05, 3.63) is 163 Å². The minimum Gasteiger partial charge on any atom is -0.400 e. The summed E-state index contributed by atoms with van der Waals surface area (Å²) in [6.07, 6.45) is 10.9. The molecule has 3 aromatic carbocycles. The zero-order valence-electron chi connectivity index (χ0n) is 28.6. The summed E-state index contributed by atoms with van der Waals surface area (Å²) >= 11 is 0. The summed E-state index contributed by atoms with van der Waals surface area (Å²) in [6, 6.07) is 33.0. The monoisotopic (exact) mass is 630 g/mol. The number of hydrogen-bond acceptors (Lipinski definition) is 5. The van der Waals surface area contributed by atoms with Gasteiger partial charge in [0.25, 0.3) is 0 Å². The zero-order chi connectivity index (χ0) is 34.7. The molecule has 6 nitrogen and oxygen atoms in total. The molecule has 0 amide bonds. The summed E-state index contributed by atoms with van der Waals surface area (Å²) in [5.41, 5.74) is 10.1. The summed E-state index contributed by atoms with van der Waals surface area (Å²) in [6.45, 7) is 12.2. The highest BCUT2D eigenvalue weighted by atomic mass is 16.2. The standard InChI is InChI=1S/C23H26N4O.C14H12.C3H8.CH4O/c1-4-5-16-27(3)23(26-17-22(18-28)24-2)20-12-9-19(10-13-20)11-14-21-8-6-7-15-25-21;1-2-12-8-10-14(11-9-12)13-6-4-3-5-7-13;1-3-2;1-2/h5-10,12-13,15,17-18,24H,1,11,14,16H2,2-3H3;2-11H,1H2;3H2,1-2H3;2H,1H3/b22-17+,26-23?;;;. The van der Waals surface area contributed by atoms with Crippen molar-refractivity contribution in [2.75, 3.05) is 27.7 Å². The average molecular weight is 631 g/mol. The van der Waals surface area contributed by atoms with E-state index < -0.39 is 0 Å². The highest BCUT2D eigenvalue weighted by molar-refractivity contribution is 5.99. The third-order valence-corrected chi connectivity index (χ3v) is 6.47. The van der Waals surface area contributed by atoms with E-state index in [2.05, 4.69) is 121 Å². The van der Waals surface area contributed by atoms with E-state index in [0.29, 0.717) is 12.2 Å². The van der Waals surface area contributed by atoms with Crippen molar-refractivity contribution in [2.45, 2.75) is 33.1 Å². The van der Waals surface area contributed by atoms with Crippen LogP contribution in [0.1, 0.15) is 42.7 Å². The number of benzene rings is 3. The first-order valence-corrected chi connectivity index (χ1v) is 15.7. The Bertz CT molecular complexity index is 1520. The number of nitrogens with one attached hydrogen (secondary N) is 1. The molecule has 0 aliphatic carbocycles. The van der Waals surface area contributed by atoms with E-state index >= 15 is 0 Å². The van der Waals surface area contributed by atoms with Crippen LogP contribution in [0.5, 0.6) is 0 Å². The Balaban J connectivity index is 0.000000481. The highest BCUT2D eigenvalue weighted by Gasteiger charge is 2.09. The summed E-state index contributed by atoms with van der Waals surface area (Å²) in [7, 11) is 4.63.